The first-order chi connectivity index (χ1) is 13.6. The Kier molecular flexibility index (Phi) is 8.36. The molecule has 3 heteroatoms. The number of alkyl halides is 2. The van der Waals surface area contributed by atoms with E-state index in [-0.39, 0.29) is 0 Å². The molecule has 28 heavy (non-hydrogen) atoms. The number of benzene rings is 1. The van der Waals surface area contributed by atoms with E-state index in [9.17, 15) is 8.78 Å². The maximum Gasteiger partial charge on any atom is 0.272 e. The van der Waals surface area contributed by atoms with E-state index < -0.39 is 13.0 Å². The molecule has 156 valence electrons. The second-order valence-corrected chi connectivity index (χ2v) is 8.87. The molecule has 0 heterocycles. The van der Waals surface area contributed by atoms with Gasteiger partial charge in [-0.3, -0.25) is 0 Å². The molecule has 0 amide bonds. The van der Waals surface area contributed by atoms with Gasteiger partial charge in [0.05, 0.1) is 0 Å². The molecule has 3 rings (SSSR count). The maximum atomic E-state index is 12.2. The first kappa shape index (κ1) is 21.3. The van der Waals surface area contributed by atoms with Crippen LogP contribution in [0, 0.1) is 23.7 Å². The molecular formula is C25H36F2O. The summed E-state index contributed by atoms with van der Waals surface area (Å²) < 4.78 is 29.4. The lowest BCUT2D eigenvalue weighted by Gasteiger charge is -2.37. The fourth-order valence-corrected chi connectivity index (χ4v) is 5.25. The summed E-state index contributed by atoms with van der Waals surface area (Å²) >= 11 is 0. The molecule has 0 atom stereocenters. The lowest BCUT2D eigenvalue weighted by molar-refractivity contribution is 0.0819. The molecule has 1 aromatic rings. The Morgan fingerprint density at radius 3 is 2.11 bits per heavy atom. The van der Waals surface area contributed by atoms with Crippen molar-refractivity contribution in [2.75, 3.05) is 6.61 Å². The molecule has 0 saturated heterocycles. The van der Waals surface area contributed by atoms with E-state index in [1.165, 1.54) is 64.2 Å². The van der Waals surface area contributed by atoms with E-state index in [2.05, 4.69) is 19.1 Å². The Labute approximate surface area is 169 Å². The van der Waals surface area contributed by atoms with Crippen LogP contribution >= 0.6 is 0 Å². The van der Waals surface area contributed by atoms with Crippen LogP contribution in [0.4, 0.5) is 8.78 Å². The van der Waals surface area contributed by atoms with Crippen molar-refractivity contribution in [1.82, 2.24) is 0 Å². The number of hydrogen-bond acceptors (Lipinski definition) is 1. The van der Waals surface area contributed by atoms with Crippen LogP contribution in [0.1, 0.15) is 76.7 Å². The van der Waals surface area contributed by atoms with Crippen molar-refractivity contribution in [2.24, 2.45) is 23.7 Å². The molecule has 1 nitrogen and oxygen atoms in total. The molecule has 2 fully saturated rings. The van der Waals surface area contributed by atoms with Gasteiger partial charge in [0, 0.05) is 0 Å². The largest absolute Gasteiger partial charge is 0.488 e. The van der Waals surface area contributed by atoms with Gasteiger partial charge in [-0.1, -0.05) is 56.9 Å². The number of ether oxygens (including phenoxy) is 1. The summed E-state index contributed by atoms with van der Waals surface area (Å²) in [6.07, 6.45) is 16.1. The summed E-state index contributed by atoms with van der Waals surface area (Å²) in [6.45, 7) is 1.77. The zero-order valence-corrected chi connectivity index (χ0v) is 17.3. The van der Waals surface area contributed by atoms with Gasteiger partial charge in [-0.25, -0.2) is 8.78 Å². The van der Waals surface area contributed by atoms with Gasteiger partial charge in [-0.2, -0.15) is 0 Å². The monoisotopic (exact) mass is 390 g/mol. The van der Waals surface area contributed by atoms with Gasteiger partial charge in [0.1, 0.15) is 12.4 Å². The van der Waals surface area contributed by atoms with E-state index in [4.69, 9.17) is 4.74 Å². The predicted molar refractivity (Wildman–Crippen MR) is 113 cm³/mol. The van der Waals surface area contributed by atoms with Gasteiger partial charge in [-0.15, -0.1) is 0 Å². The van der Waals surface area contributed by atoms with Crippen LogP contribution < -0.4 is 4.74 Å². The van der Waals surface area contributed by atoms with Crippen molar-refractivity contribution in [1.29, 1.82) is 0 Å². The third-order valence-corrected chi connectivity index (χ3v) is 6.89. The van der Waals surface area contributed by atoms with Crippen molar-refractivity contribution in [3.05, 3.63) is 35.9 Å². The van der Waals surface area contributed by atoms with E-state index in [0.29, 0.717) is 11.7 Å². The highest BCUT2D eigenvalue weighted by molar-refractivity contribution is 5.50. The second-order valence-electron chi connectivity index (χ2n) is 8.87. The van der Waals surface area contributed by atoms with Crippen molar-refractivity contribution in [3.63, 3.8) is 0 Å². The number of halogens is 2. The Balaban J connectivity index is 1.39. The third-order valence-electron chi connectivity index (χ3n) is 6.89. The SMILES string of the molecule is CCC[C@H]1CC[C@H]([C@H]2CC[C@H](C=Cc3ccc(OCC(F)F)cc3)CC2)CC1. The van der Waals surface area contributed by atoms with Crippen molar-refractivity contribution in [3.8, 4) is 5.75 Å². The summed E-state index contributed by atoms with van der Waals surface area (Å²) in [5.41, 5.74) is 1.11. The Morgan fingerprint density at radius 2 is 1.54 bits per heavy atom. The van der Waals surface area contributed by atoms with Crippen molar-refractivity contribution < 1.29 is 13.5 Å². The minimum absolute atomic E-state index is 0.506. The molecule has 0 spiro atoms. The average Bonchev–Trinajstić information content (AvgIpc) is 2.73. The summed E-state index contributed by atoms with van der Waals surface area (Å²) in [7, 11) is 0. The summed E-state index contributed by atoms with van der Waals surface area (Å²) in [5.74, 6) is 4.14. The third kappa shape index (κ3) is 6.60. The van der Waals surface area contributed by atoms with Gasteiger partial charge >= 0.3 is 0 Å². The van der Waals surface area contributed by atoms with E-state index in [1.54, 1.807) is 12.1 Å². The summed E-state index contributed by atoms with van der Waals surface area (Å²) in [6, 6.07) is 7.43. The van der Waals surface area contributed by atoms with Crippen LogP contribution in [0.3, 0.4) is 0 Å². The molecule has 0 bridgehead atoms. The summed E-state index contributed by atoms with van der Waals surface area (Å²) in [4.78, 5) is 0. The fourth-order valence-electron chi connectivity index (χ4n) is 5.25. The molecule has 2 aliphatic rings. The van der Waals surface area contributed by atoms with Crippen molar-refractivity contribution >= 4 is 6.08 Å². The lowest BCUT2D eigenvalue weighted by Crippen LogP contribution is -2.25. The quantitative estimate of drug-likeness (QED) is 0.441. The van der Waals surface area contributed by atoms with Crippen LogP contribution in [0.2, 0.25) is 0 Å². The zero-order valence-electron chi connectivity index (χ0n) is 17.3. The van der Waals surface area contributed by atoms with Crippen LogP contribution in [0.15, 0.2) is 30.3 Å². The highest BCUT2D eigenvalue weighted by Gasteiger charge is 2.30. The van der Waals surface area contributed by atoms with Crippen LogP contribution in [-0.4, -0.2) is 13.0 Å². The fraction of sp³-hybridized carbons (Fsp3) is 0.680. The minimum atomic E-state index is -2.43. The Hall–Kier alpha value is -1.38. The second kappa shape index (κ2) is 11.0. The molecule has 0 unspecified atom stereocenters. The van der Waals surface area contributed by atoms with Gasteiger partial charge in [-0.05, 0) is 79.9 Å². The molecule has 0 aromatic heterocycles. The Morgan fingerprint density at radius 1 is 0.929 bits per heavy atom. The summed E-state index contributed by atoms with van der Waals surface area (Å²) in [5, 5.41) is 0. The van der Waals surface area contributed by atoms with Crippen molar-refractivity contribution in [2.45, 2.75) is 77.6 Å². The van der Waals surface area contributed by atoms with Gasteiger partial charge in [0.25, 0.3) is 6.43 Å². The smallest absolute Gasteiger partial charge is 0.272 e. The Bertz CT molecular complexity index is 579. The van der Waals surface area contributed by atoms with Gasteiger partial charge < -0.3 is 4.74 Å². The maximum absolute atomic E-state index is 12.2. The van der Waals surface area contributed by atoms with E-state index in [0.717, 1.165) is 23.3 Å². The topological polar surface area (TPSA) is 9.23 Å². The van der Waals surface area contributed by atoms with Crippen LogP contribution in [-0.2, 0) is 0 Å². The first-order valence-electron chi connectivity index (χ1n) is 11.3. The molecule has 2 saturated carbocycles. The zero-order chi connectivity index (χ0) is 19.8. The predicted octanol–water partition coefficient (Wildman–Crippen LogP) is 7.76. The normalized spacial score (nSPS) is 28.7. The highest BCUT2D eigenvalue weighted by atomic mass is 19.3. The molecule has 1 aromatic carbocycles. The standard InChI is InChI=1S/C25H36F2O/c1-2-3-19-6-12-22(13-7-19)23-14-8-20(9-15-23)4-5-21-10-16-24(17-11-21)28-18-25(26)27/h4-5,10-11,16-17,19-20,22-23,25H,2-3,6-9,12-15,18H2,1H3/t19-,20-,22-,23-. The van der Waals surface area contributed by atoms with Crippen LogP contribution in [0.25, 0.3) is 6.08 Å². The van der Waals surface area contributed by atoms with Gasteiger partial charge in [0.15, 0.2) is 0 Å². The van der Waals surface area contributed by atoms with E-state index in [1.807, 2.05) is 12.1 Å². The molecule has 0 radical (unpaired) electrons. The number of hydrogen-bond donors (Lipinski definition) is 0. The lowest BCUT2D eigenvalue weighted by atomic mass is 9.68. The number of rotatable bonds is 8. The van der Waals surface area contributed by atoms with Gasteiger partial charge in [0.2, 0.25) is 0 Å². The minimum Gasteiger partial charge on any atom is -0.488 e. The highest BCUT2D eigenvalue weighted by Crippen LogP contribution is 2.42. The molecule has 2 aliphatic carbocycles. The van der Waals surface area contributed by atoms with Crippen LogP contribution in [0.5, 0.6) is 5.75 Å². The van der Waals surface area contributed by atoms with E-state index >= 15 is 0 Å². The molecular weight excluding hydrogens is 354 g/mol. The first-order valence-corrected chi connectivity index (χ1v) is 11.3. The average molecular weight is 391 g/mol. The molecule has 0 aliphatic heterocycles. The molecule has 0 N–H and O–H groups in total. The number of allylic oxidation sites excluding steroid dienone is 1.